The number of carbonyl (C=O) groups excluding carboxylic acids is 1. The molecule has 0 radical (unpaired) electrons. The summed E-state index contributed by atoms with van der Waals surface area (Å²) in [6.07, 6.45) is 1.58. The Morgan fingerprint density at radius 1 is 1.68 bits per heavy atom. The van der Waals surface area contributed by atoms with Gasteiger partial charge in [0.05, 0.1) is 24.9 Å². The second-order valence-electron chi connectivity index (χ2n) is 4.35. The molecule has 19 heavy (non-hydrogen) atoms. The number of hydrogen-bond acceptors (Lipinski definition) is 5. The van der Waals surface area contributed by atoms with Crippen molar-refractivity contribution in [1.82, 2.24) is 9.88 Å². The predicted molar refractivity (Wildman–Crippen MR) is 73.1 cm³/mol. The van der Waals surface area contributed by atoms with Gasteiger partial charge < -0.3 is 15.8 Å². The summed E-state index contributed by atoms with van der Waals surface area (Å²) in [5.74, 6) is -0.118. The lowest BCUT2D eigenvalue weighted by Gasteiger charge is -2.31. The van der Waals surface area contributed by atoms with Crippen LogP contribution in [0.3, 0.4) is 0 Å². The van der Waals surface area contributed by atoms with E-state index in [0.717, 1.165) is 6.54 Å². The molecule has 3 N–H and O–H groups in total. The number of rotatable bonds is 4. The molecule has 0 saturated carbocycles. The molecule has 1 fully saturated rings. The number of nitrogens with one attached hydrogen (secondary N) is 1. The minimum absolute atomic E-state index is 0.00327. The highest BCUT2D eigenvalue weighted by molar-refractivity contribution is 6.32. The van der Waals surface area contributed by atoms with Crippen molar-refractivity contribution < 1.29 is 9.53 Å². The molecule has 7 heteroatoms. The fourth-order valence-electron chi connectivity index (χ4n) is 1.94. The van der Waals surface area contributed by atoms with E-state index < -0.39 is 0 Å². The maximum atomic E-state index is 11.9. The van der Waals surface area contributed by atoms with Gasteiger partial charge in [-0.1, -0.05) is 11.6 Å². The zero-order chi connectivity index (χ0) is 13.7. The number of ether oxygens (including phenoxy) is 1. The van der Waals surface area contributed by atoms with Crippen LogP contribution in [0.25, 0.3) is 0 Å². The normalized spacial score (nSPS) is 20.2. The fraction of sp³-hybridized carbons (Fsp3) is 0.500. The summed E-state index contributed by atoms with van der Waals surface area (Å²) < 4.78 is 5.45. The summed E-state index contributed by atoms with van der Waals surface area (Å²) in [6.45, 7) is 2.76. The van der Waals surface area contributed by atoms with Gasteiger partial charge in [-0.15, -0.1) is 0 Å². The van der Waals surface area contributed by atoms with Crippen LogP contribution in [-0.2, 0) is 9.53 Å². The first-order valence-corrected chi connectivity index (χ1v) is 6.51. The summed E-state index contributed by atoms with van der Waals surface area (Å²) in [7, 11) is 0. The molecule has 1 aliphatic rings. The van der Waals surface area contributed by atoms with Gasteiger partial charge in [-0.2, -0.15) is 0 Å². The molecule has 2 rings (SSSR count). The van der Waals surface area contributed by atoms with Gasteiger partial charge in [-0.05, 0) is 12.1 Å². The molecule has 6 nitrogen and oxygen atoms in total. The zero-order valence-corrected chi connectivity index (χ0v) is 11.3. The standard InChI is InChI=1S/C12H17ClN4O2/c13-12-10(2-1-3-15-12)16-11(18)8-17-4-5-19-9(6-14)7-17/h1-3,9H,4-8,14H2,(H,16,18). The molecule has 0 spiro atoms. The lowest BCUT2D eigenvalue weighted by Crippen LogP contribution is -2.48. The number of amides is 1. The summed E-state index contributed by atoms with van der Waals surface area (Å²) in [6, 6.07) is 3.44. The second-order valence-corrected chi connectivity index (χ2v) is 4.71. The number of nitrogens with zero attached hydrogens (tertiary/aromatic N) is 2. The average molecular weight is 285 g/mol. The third kappa shape index (κ3) is 4.14. The monoisotopic (exact) mass is 284 g/mol. The van der Waals surface area contributed by atoms with Crippen LogP contribution in [-0.4, -0.2) is 54.7 Å². The van der Waals surface area contributed by atoms with E-state index in [1.165, 1.54) is 0 Å². The quantitative estimate of drug-likeness (QED) is 0.779. The van der Waals surface area contributed by atoms with E-state index >= 15 is 0 Å². The molecule has 0 aliphatic carbocycles. The van der Waals surface area contributed by atoms with Crippen LogP contribution < -0.4 is 11.1 Å². The molecule has 0 bridgehead atoms. The summed E-state index contributed by atoms with van der Waals surface area (Å²) in [5, 5.41) is 3.03. The highest BCUT2D eigenvalue weighted by Crippen LogP contribution is 2.17. The van der Waals surface area contributed by atoms with E-state index in [-0.39, 0.29) is 17.2 Å². The first-order valence-electron chi connectivity index (χ1n) is 6.13. The smallest absolute Gasteiger partial charge is 0.238 e. The van der Waals surface area contributed by atoms with Crippen molar-refractivity contribution in [2.24, 2.45) is 5.73 Å². The lowest BCUT2D eigenvalue weighted by atomic mass is 10.2. The lowest BCUT2D eigenvalue weighted by molar-refractivity contribution is -0.119. The van der Waals surface area contributed by atoms with Gasteiger partial charge >= 0.3 is 0 Å². The summed E-state index contributed by atoms with van der Waals surface area (Å²) in [5.41, 5.74) is 6.09. The highest BCUT2D eigenvalue weighted by Gasteiger charge is 2.21. The Labute approximate surface area is 116 Å². The Bertz CT molecular complexity index is 443. The van der Waals surface area contributed by atoms with E-state index in [0.29, 0.717) is 31.9 Å². The van der Waals surface area contributed by atoms with Crippen molar-refractivity contribution in [3.63, 3.8) is 0 Å². The topological polar surface area (TPSA) is 80.5 Å². The van der Waals surface area contributed by atoms with Gasteiger partial charge in [0.15, 0.2) is 5.15 Å². The second kappa shape index (κ2) is 6.81. The number of nitrogens with two attached hydrogens (primary N) is 1. The van der Waals surface area contributed by atoms with Crippen LogP contribution in [0.4, 0.5) is 5.69 Å². The number of hydrogen-bond donors (Lipinski definition) is 2. The Hall–Kier alpha value is -1.21. The minimum Gasteiger partial charge on any atom is -0.374 e. The Balaban J connectivity index is 1.86. The number of anilines is 1. The van der Waals surface area contributed by atoms with Crippen molar-refractivity contribution in [2.45, 2.75) is 6.10 Å². The highest BCUT2D eigenvalue weighted by atomic mass is 35.5. The maximum absolute atomic E-state index is 11.9. The number of carbonyl (C=O) groups is 1. The third-order valence-electron chi connectivity index (χ3n) is 2.89. The van der Waals surface area contributed by atoms with E-state index in [4.69, 9.17) is 22.1 Å². The van der Waals surface area contributed by atoms with Crippen molar-refractivity contribution in [3.05, 3.63) is 23.5 Å². The minimum atomic E-state index is -0.118. The molecular weight excluding hydrogens is 268 g/mol. The molecule has 1 atom stereocenters. The summed E-state index contributed by atoms with van der Waals surface area (Å²) in [4.78, 5) is 17.8. The molecule has 1 saturated heterocycles. The Morgan fingerprint density at radius 3 is 3.26 bits per heavy atom. The number of morpholine rings is 1. The average Bonchev–Trinajstić information content (AvgIpc) is 2.41. The van der Waals surface area contributed by atoms with Crippen molar-refractivity contribution >= 4 is 23.2 Å². The van der Waals surface area contributed by atoms with E-state index in [1.54, 1.807) is 18.3 Å². The molecule has 1 aromatic heterocycles. The Kier molecular flexibility index (Phi) is 5.09. The fourth-order valence-corrected chi connectivity index (χ4v) is 2.11. The van der Waals surface area contributed by atoms with Crippen molar-refractivity contribution in [2.75, 3.05) is 38.1 Å². The molecule has 1 aliphatic heterocycles. The van der Waals surface area contributed by atoms with Crippen LogP contribution in [0.15, 0.2) is 18.3 Å². The van der Waals surface area contributed by atoms with Crippen LogP contribution in [0, 0.1) is 0 Å². The molecule has 2 heterocycles. The molecule has 1 aromatic rings. The molecule has 0 aromatic carbocycles. The first kappa shape index (κ1) is 14.2. The number of aromatic nitrogens is 1. The Morgan fingerprint density at radius 2 is 2.53 bits per heavy atom. The van der Waals surface area contributed by atoms with Gasteiger partial charge in [0, 0.05) is 25.8 Å². The van der Waals surface area contributed by atoms with Crippen LogP contribution >= 0.6 is 11.6 Å². The SMILES string of the molecule is NCC1CN(CC(=O)Nc2cccnc2Cl)CCO1. The van der Waals surface area contributed by atoms with Crippen LogP contribution in [0.5, 0.6) is 0 Å². The van der Waals surface area contributed by atoms with Gasteiger partial charge in [-0.25, -0.2) is 4.98 Å². The third-order valence-corrected chi connectivity index (χ3v) is 3.19. The van der Waals surface area contributed by atoms with Crippen molar-refractivity contribution in [3.8, 4) is 0 Å². The predicted octanol–water partition coefficient (Wildman–Crippen LogP) is 0.333. The van der Waals surface area contributed by atoms with Crippen LogP contribution in [0.1, 0.15) is 0 Å². The van der Waals surface area contributed by atoms with Gasteiger partial charge in [0.2, 0.25) is 5.91 Å². The van der Waals surface area contributed by atoms with E-state index in [9.17, 15) is 4.79 Å². The largest absolute Gasteiger partial charge is 0.374 e. The van der Waals surface area contributed by atoms with Gasteiger partial charge in [0.25, 0.3) is 0 Å². The number of halogens is 1. The number of pyridine rings is 1. The molecule has 1 unspecified atom stereocenters. The molecular formula is C12H17ClN4O2. The summed E-state index contributed by atoms with van der Waals surface area (Å²) >= 11 is 5.88. The molecule has 104 valence electrons. The van der Waals surface area contributed by atoms with E-state index in [1.807, 2.05) is 4.90 Å². The maximum Gasteiger partial charge on any atom is 0.238 e. The zero-order valence-electron chi connectivity index (χ0n) is 10.5. The van der Waals surface area contributed by atoms with Crippen molar-refractivity contribution in [1.29, 1.82) is 0 Å². The van der Waals surface area contributed by atoms with Gasteiger partial charge in [0.1, 0.15) is 0 Å². The van der Waals surface area contributed by atoms with Gasteiger partial charge in [-0.3, -0.25) is 9.69 Å². The van der Waals surface area contributed by atoms with E-state index in [2.05, 4.69) is 10.3 Å². The first-order chi connectivity index (χ1) is 9.19. The molecule has 1 amide bonds. The van der Waals surface area contributed by atoms with Crippen LogP contribution in [0.2, 0.25) is 5.15 Å².